The van der Waals surface area contributed by atoms with Crippen LogP contribution in [0.15, 0.2) is 47.4 Å². The van der Waals surface area contributed by atoms with Gasteiger partial charge in [0.05, 0.1) is 11.9 Å². The Morgan fingerprint density at radius 1 is 1.00 bits per heavy atom. The standard InChI is InChI=1S/C18H19FN4O/c1-13-6-7-16-18(24)20-17(12-23(13)16)22-10-8-21(9-11-22)15-5-3-2-4-14(15)19/h2-7,12H,8-11H2,1H3,(H,20,24). The average Bonchev–Trinajstić information content (AvgIpc) is 2.97. The van der Waals surface area contributed by atoms with Crippen molar-refractivity contribution in [2.75, 3.05) is 36.0 Å². The van der Waals surface area contributed by atoms with Crippen LogP contribution in [0.1, 0.15) is 5.69 Å². The summed E-state index contributed by atoms with van der Waals surface area (Å²) in [6, 6.07) is 10.6. The van der Waals surface area contributed by atoms with Crippen molar-refractivity contribution < 1.29 is 4.39 Å². The van der Waals surface area contributed by atoms with Crippen molar-refractivity contribution in [2.24, 2.45) is 0 Å². The van der Waals surface area contributed by atoms with Crippen LogP contribution in [0.4, 0.5) is 15.9 Å². The fraction of sp³-hybridized carbons (Fsp3) is 0.278. The fourth-order valence-electron chi connectivity index (χ4n) is 3.30. The Labute approximate surface area is 138 Å². The number of para-hydroxylation sites is 1. The van der Waals surface area contributed by atoms with E-state index in [1.54, 1.807) is 6.07 Å². The Balaban J connectivity index is 1.57. The first kappa shape index (κ1) is 14.8. The first-order chi connectivity index (χ1) is 11.6. The zero-order valence-corrected chi connectivity index (χ0v) is 13.5. The summed E-state index contributed by atoms with van der Waals surface area (Å²) < 4.78 is 15.8. The average molecular weight is 326 g/mol. The Morgan fingerprint density at radius 2 is 1.71 bits per heavy atom. The number of hydrogen-bond donors (Lipinski definition) is 1. The summed E-state index contributed by atoms with van der Waals surface area (Å²) in [7, 11) is 0. The summed E-state index contributed by atoms with van der Waals surface area (Å²) in [6.07, 6.45) is 1.96. The van der Waals surface area contributed by atoms with Gasteiger partial charge < -0.3 is 19.2 Å². The van der Waals surface area contributed by atoms with Crippen molar-refractivity contribution in [3.05, 3.63) is 64.5 Å². The van der Waals surface area contributed by atoms with Gasteiger partial charge in [0.1, 0.15) is 17.2 Å². The van der Waals surface area contributed by atoms with Crippen LogP contribution in [0.25, 0.3) is 5.52 Å². The smallest absolute Gasteiger partial charge is 0.273 e. The van der Waals surface area contributed by atoms with E-state index in [2.05, 4.69) is 9.88 Å². The van der Waals surface area contributed by atoms with Gasteiger partial charge in [-0.05, 0) is 31.2 Å². The number of aromatic amines is 1. The molecule has 2 aromatic heterocycles. The predicted octanol–water partition coefficient (Wildman–Crippen LogP) is 2.40. The number of aromatic nitrogens is 2. The first-order valence-corrected chi connectivity index (χ1v) is 8.09. The number of halogens is 1. The molecule has 0 bridgehead atoms. The van der Waals surface area contributed by atoms with Gasteiger partial charge in [-0.2, -0.15) is 0 Å². The molecule has 1 fully saturated rings. The Bertz CT molecular complexity index is 938. The Hall–Kier alpha value is -2.76. The van der Waals surface area contributed by atoms with E-state index in [4.69, 9.17) is 0 Å². The molecule has 0 aliphatic carbocycles. The number of anilines is 2. The third-order valence-corrected chi connectivity index (χ3v) is 4.66. The number of fused-ring (bicyclic) bond motifs is 1. The molecule has 0 spiro atoms. The molecule has 1 aromatic carbocycles. The van der Waals surface area contributed by atoms with Crippen molar-refractivity contribution in [1.82, 2.24) is 9.38 Å². The maximum atomic E-state index is 13.9. The van der Waals surface area contributed by atoms with E-state index in [9.17, 15) is 9.18 Å². The molecule has 5 nitrogen and oxygen atoms in total. The second-order valence-electron chi connectivity index (χ2n) is 6.12. The SMILES string of the molecule is Cc1ccc2c(=O)[nH]c(N3CCN(c4ccccc4F)CC3)cn12. The molecule has 1 saturated heterocycles. The highest BCUT2D eigenvalue weighted by Gasteiger charge is 2.20. The predicted molar refractivity (Wildman–Crippen MR) is 93.6 cm³/mol. The molecule has 3 heterocycles. The quantitative estimate of drug-likeness (QED) is 0.786. The normalized spacial score (nSPS) is 15.2. The fourth-order valence-corrected chi connectivity index (χ4v) is 3.30. The molecule has 0 saturated carbocycles. The van der Waals surface area contributed by atoms with Crippen LogP contribution in [0.2, 0.25) is 0 Å². The summed E-state index contributed by atoms with van der Waals surface area (Å²) >= 11 is 0. The molecule has 4 rings (SSSR count). The highest BCUT2D eigenvalue weighted by molar-refractivity contribution is 5.53. The van der Waals surface area contributed by atoms with E-state index in [1.165, 1.54) is 6.07 Å². The lowest BCUT2D eigenvalue weighted by Crippen LogP contribution is -2.47. The molecule has 1 N–H and O–H groups in total. The third-order valence-electron chi connectivity index (χ3n) is 4.66. The molecule has 124 valence electrons. The van der Waals surface area contributed by atoms with E-state index < -0.39 is 0 Å². The molecule has 3 aromatic rings. The van der Waals surface area contributed by atoms with Crippen molar-refractivity contribution in [2.45, 2.75) is 6.92 Å². The monoisotopic (exact) mass is 326 g/mol. The number of H-pyrrole nitrogens is 1. The highest BCUT2D eigenvalue weighted by Crippen LogP contribution is 2.22. The van der Waals surface area contributed by atoms with Gasteiger partial charge in [-0.3, -0.25) is 4.79 Å². The molecule has 1 aliphatic rings. The molecule has 1 aliphatic heterocycles. The van der Waals surface area contributed by atoms with Gasteiger partial charge >= 0.3 is 0 Å². The number of aryl methyl sites for hydroxylation is 1. The lowest BCUT2D eigenvalue weighted by molar-refractivity contribution is 0.595. The van der Waals surface area contributed by atoms with E-state index in [-0.39, 0.29) is 11.4 Å². The minimum Gasteiger partial charge on any atom is -0.366 e. The third kappa shape index (κ3) is 2.44. The highest BCUT2D eigenvalue weighted by atomic mass is 19.1. The number of piperazine rings is 1. The second-order valence-corrected chi connectivity index (χ2v) is 6.12. The van der Waals surface area contributed by atoms with Gasteiger partial charge in [0, 0.05) is 31.9 Å². The van der Waals surface area contributed by atoms with Crippen molar-refractivity contribution in [1.29, 1.82) is 0 Å². The van der Waals surface area contributed by atoms with E-state index in [0.29, 0.717) is 24.3 Å². The van der Waals surface area contributed by atoms with E-state index in [0.717, 1.165) is 24.6 Å². The summed E-state index contributed by atoms with van der Waals surface area (Å²) in [6.45, 7) is 4.87. The van der Waals surface area contributed by atoms with E-state index >= 15 is 0 Å². The Morgan fingerprint density at radius 3 is 2.46 bits per heavy atom. The Kier molecular flexibility index (Phi) is 3.52. The van der Waals surface area contributed by atoms with Gasteiger partial charge in [0.15, 0.2) is 0 Å². The number of rotatable bonds is 2. The van der Waals surface area contributed by atoms with Crippen molar-refractivity contribution in [3.63, 3.8) is 0 Å². The molecule has 24 heavy (non-hydrogen) atoms. The number of nitrogens with one attached hydrogen (secondary N) is 1. The summed E-state index contributed by atoms with van der Waals surface area (Å²) in [5.41, 5.74) is 2.24. The first-order valence-electron chi connectivity index (χ1n) is 8.09. The topological polar surface area (TPSA) is 43.8 Å². The lowest BCUT2D eigenvalue weighted by atomic mass is 10.2. The van der Waals surface area contributed by atoms with Crippen LogP contribution in [0, 0.1) is 12.7 Å². The lowest BCUT2D eigenvalue weighted by Gasteiger charge is -2.37. The zero-order valence-electron chi connectivity index (χ0n) is 13.5. The molecule has 0 unspecified atom stereocenters. The van der Waals surface area contributed by atoms with Crippen LogP contribution in [0.5, 0.6) is 0 Å². The van der Waals surface area contributed by atoms with Crippen molar-refractivity contribution in [3.8, 4) is 0 Å². The number of benzene rings is 1. The van der Waals surface area contributed by atoms with Gasteiger partial charge in [-0.15, -0.1) is 0 Å². The molecule has 6 heteroatoms. The van der Waals surface area contributed by atoms with Gasteiger partial charge in [-0.1, -0.05) is 12.1 Å². The molecular formula is C18H19FN4O. The molecule has 0 amide bonds. The zero-order chi connectivity index (χ0) is 16.7. The van der Waals surface area contributed by atoms with Crippen LogP contribution in [-0.4, -0.2) is 35.6 Å². The number of nitrogens with zero attached hydrogens (tertiary/aromatic N) is 3. The van der Waals surface area contributed by atoms with Crippen LogP contribution in [0.3, 0.4) is 0 Å². The molecule has 0 radical (unpaired) electrons. The van der Waals surface area contributed by atoms with Gasteiger partial charge in [0.2, 0.25) is 0 Å². The van der Waals surface area contributed by atoms with Gasteiger partial charge in [0.25, 0.3) is 5.56 Å². The second kappa shape index (κ2) is 5.70. The maximum absolute atomic E-state index is 13.9. The summed E-state index contributed by atoms with van der Waals surface area (Å²) in [5.74, 6) is 0.615. The largest absolute Gasteiger partial charge is 0.366 e. The number of hydrogen-bond acceptors (Lipinski definition) is 3. The summed E-state index contributed by atoms with van der Waals surface area (Å²) in [4.78, 5) is 19.4. The van der Waals surface area contributed by atoms with E-state index in [1.807, 2.05) is 46.7 Å². The minimum absolute atomic E-state index is 0.0860. The maximum Gasteiger partial charge on any atom is 0.273 e. The van der Waals surface area contributed by atoms with Crippen molar-refractivity contribution >= 4 is 17.0 Å². The molecule has 0 atom stereocenters. The van der Waals surface area contributed by atoms with Crippen LogP contribution in [-0.2, 0) is 0 Å². The van der Waals surface area contributed by atoms with Gasteiger partial charge in [-0.25, -0.2) is 4.39 Å². The van der Waals surface area contributed by atoms with Crippen LogP contribution < -0.4 is 15.4 Å². The molecular weight excluding hydrogens is 307 g/mol. The minimum atomic E-state index is -0.191. The van der Waals surface area contributed by atoms with Crippen LogP contribution >= 0.6 is 0 Å². The summed E-state index contributed by atoms with van der Waals surface area (Å²) in [5, 5.41) is 0.